The average molecular weight is 397 g/mol. The first-order chi connectivity index (χ1) is 11.0. The molecule has 122 valence electrons. The number of nitrogens with zero attached hydrogens (tertiary/aromatic N) is 1. The van der Waals surface area contributed by atoms with Crippen LogP contribution in [0, 0.1) is 0 Å². The van der Waals surface area contributed by atoms with Gasteiger partial charge in [0.15, 0.2) is 0 Å². The van der Waals surface area contributed by atoms with E-state index in [0.717, 1.165) is 15.1 Å². The van der Waals surface area contributed by atoms with Crippen LogP contribution in [0.5, 0.6) is 5.75 Å². The van der Waals surface area contributed by atoms with Gasteiger partial charge in [0.05, 0.1) is 22.3 Å². The number of hydrogen-bond donors (Lipinski definition) is 1. The summed E-state index contributed by atoms with van der Waals surface area (Å²) in [7, 11) is 3.21. The molecule has 0 fully saturated rings. The number of methoxy groups -OCH3 is 1. The summed E-state index contributed by atoms with van der Waals surface area (Å²) in [5, 5.41) is 2.80. The SMILES string of the molecule is COc1cccc(CNC(=O)CN(C)C(=O)c2ccc(Br)s2)c1. The maximum Gasteiger partial charge on any atom is 0.264 e. The first kappa shape index (κ1) is 17.5. The number of carbonyl (C=O) groups excluding carboxylic acids is 2. The first-order valence-corrected chi connectivity index (χ1v) is 8.51. The van der Waals surface area contributed by atoms with E-state index < -0.39 is 0 Å². The van der Waals surface area contributed by atoms with Crippen LogP contribution in [0.1, 0.15) is 15.2 Å². The van der Waals surface area contributed by atoms with E-state index in [1.165, 1.54) is 16.2 Å². The van der Waals surface area contributed by atoms with Gasteiger partial charge in [0.25, 0.3) is 5.91 Å². The van der Waals surface area contributed by atoms with Gasteiger partial charge in [-0.1, -0.05) is 12.1 Å². The van der Waals surface area contributed by atoms with Gasteiger partial charge in [-0.2, -0.15) is 0 Å². The molecule has 0 atom stereocenters. The highest BCUT2D eigenvalue weighted by molar-refractivity contribution is 9.11. The number of likely N-dealkylation sites (N-methyl/N-ethyl adjacent to an activating group) is 1. The lowest BCUT2D eigenvalue weighted by atomic mass is 10.2. The van der Waals surface area contributed by atoms with Crippen molar-refractivity contribution in [2.24, 2.45) is 0 Å². The Labute approximate surface area is 147 Å². The number of benzene rings is 1. The Kier molecular flexibility index (Phi) is 6.18. The standard InChI is InChI=1S/C16H17BrN2O3S/c1-19(16(21)13-6-7-14(17)23-13)10-15(20)18-9-11-4-3-5-12(8-11)22-2/h3-8H,9-10H2,1-2H3,(H,18,20). The average Bonchev–Trinajstić information content (AvgIpc) is 2.98. The molecule has 2 amide bonds. The lowest BCUT2D eigenvalue weighted by Gasteiger charge is -2.16. The third-order valence-electron chi connectivity index (χ3n) is 3.14. The zero-order chi connectivity index (χ0) is 16.8. The van der Waals surface area contributed by atoms with Gasteiger partial charge in [-0.15, -0.1) is 11.3 Å². The smallest absolute Gasteiger partial charge is 0.264 e. The highest BCUT2D eigenvalue weighted by atomic mass is 79.9. The molecule has 1 aromatic heterocycles. The summed E-state index contributed by atoms with van der Waals surface area (Å²) in [5.74, 6) is 0.365. The van der Waals surface area contributed by atoms with Crippen molar-refractivity contribution in [2.45, 2.75) is 6.54 Å². The molecule has 2 rings (SSSR count). The second kappa shape index (κ2) is 8.12. The molecule has 0 saturated heterocycles. The monoisotopic (exact) mass is 396 g/mol. The van der Waals surface area contributed by atoms with Crippen LogP contribution >= 0.6 is 27.3 Å². The van der Waals surface area contributed by atoms with Crippen molar-refractivity contribution in [3.05, 3.63) is 50.6 Å². The van der Waals surface area contributed by atoms with Crippen LogP contribution in [-0.4, -0.2) is 37.4 Å². The second-order valence-corrected chi connectivity index (χ2v) is 7.36. The second-order valence-electron chi connectivity index (χ2n) is 4.89. The maximum atomic E-state index is 12.2. The molecule has 0 bridgehead atoms. The maximum absolute atomic E-state index is 12.2. The third kappa shape index (κ3) is 5.07. The molecule has 1 heterocycles. The lowest BCUT2D eigenvalue weighted by molar-refractivity contribution is -0.121. The van der Waals surface area contributed by atoms with Crippen molar-refractivity contribution >= 4 is 39.1 Å². The predicted molar refractivity (Wildman–Crippen MR) is 93.8 cm³/mol. The molecule has 1 N–H and O–H groups in total. The van der Waals surface area contributed by atoms with E-state index in [1.54, 1.807) is 20.2 Å². The van der Waals surface area contributed by atoms with Gasteiger partial charge in [0.2, 0.25) is 5.91 Å². The summed E-state index contributed by atoms with van der Waals surface area (Å²) in [6, 6.07) is 11.0. The van der Waals surface area contributed by atoms with Gasteiger partial charge in [-0.3, -0.25) is 9.59 Å². The van der Waals surface area contributed by atoms with E-state index in [9.17, 15) is 9.59 Å². The summed E-state index contributed by atoms with van der Waals surface area (Å²) in [4.78, 5) is 26.1. The van der Waals surface area contributed by atoms with Gasteiger partial charge in [-0.25, -0.2) is 0 Å². The Morgan fingerprint density at radius 1 is 1.30 bits per heavy atom. The van der Waals surface area contributed by atoms with Crippen molar-refractivity contribution in [2.75, 3.05) is 20.7 Å². The number of rotatable bonds is 6. The Hall–Kier alpha value is -1.86. The summed E-state index contributed by atoms with van der Waals surface area (Å²) in [6.07, 6.45) is 0. The number of ether oxygens (including phenoxy) is 1. The van der Waals surface area contributed by atoms with Crippen LogP contribution in [0.4, 0.5) is 0 Å². The Balaban J connectivity index is 1.85. The Bertz CT molecular complexity index is 702. The Morgan fingerprint density at radius 3 is 2.74 bits per heavy atom. The fourth-order valence-electron chi connectivity index (χ4n) is 1.94. The van der Waals surface area contributed by atoms with Crippen LogP contribution in [0.25, 0.3) is 0 Å². The molecule has 0 unspecified atom stereocenters. The molecule has 0 saturated carbocycles. The van der Waals surface area contributed by atoms with Crippen LogP contribution < -0.4 is 10.1 Å². The van der Waals surface area contributed by atoms with Gasteiger partial charge < -0.3 is 15.0 Å². The third-order valence-corrected chi connectivity index (χ3v) is 4.75. The number of halogens is 1. The molecule has 0 radical (unpaired) electrons. The summed E-state index contributed by atoms with van der Waals surface area (Å²) < 4.78 is 6.03. The number of amides is 2. The van der Waals surface area contributed by atoms with Gasteiger partial charge in [0, 0.05) is 13.6 Å². The fraction of sp³-hybridized carbons (Fsp3) is 0.250. The lowest BCUT2D eigenvalue weighted by Crippen LogP contribution is -2.37. The molecule has 2 aromatic rings. The highest BCUT2D eigenvalue weighted by Crippen LogP contribution is 2.22. The molecular weight excluding hydrogens is 380 g/mol. The van der Waals surface area contributed by atoms with Crippen LogP contribution in [0.3, 0.4) is 0 Å². The molecule has 0 aliphatic heterocycles. The van der Waals surface area contributed by atoms with Crippen molar-refractivity contribution in [3.8, 4) is 5.75 Å². The van der Waals surface area contributed by atoms with Gasteiger partial charge in [-0.05, 0) is 45.8 Å². The zero-order valence-corrected chi connectivity index (χ0v) is 15.2. The van der Waals surface area contributed by atoms with Crippen molar-refractivity contribution in [1.29, 1.82) is 0 Å². The van der Waals surface area contributed by atoms with E-state index in [0.29, 0.717) is 11.4 Å². The predicted octanol–water partition coefficient (Wildman–Crippen LogP) is 2.91. The van der Waals surface area contributed by atoms with Crippen LogP contribution in [0.2, 0.25) is 0 Å². The van der Waals surface area contributed by atoms with Gasteiger partial charge >= 0.3 is 0 Å². The molecule has 1 aromatic carbocycles. The number of thiophene rings is 1. The van der Waals surface area contributed by atoms with Crippen molar-refractivity contribution in [1.82, 2.24) is 10.2 Å². The van der Waals surface area contributed by atoms with Crippen molar-refractivity contribution in [3.63, 3.8) is 0 Å². The molecule has 5 nitrogen and oxygen atoms in total. The van der Waals surface area contributed by atoms with E-state index in [2.05, 4.69) is 21.2 Å². The largest absolute Gasteiger partial charge is 0.497 e. The first-order valence-electron chi connectivity index (χ1n) is 6.90. The molecule has 7 heteroatoms. The molecule has 23 heavy (non-hydrogen) atoms. The van der Waals surface area contributed by atoms with Crippen LogP contribution in [-0.2, 0) is 11.3 Å². The van der Waals surface area contributed by atoms with E-state index >= 15 is 0 Å². The molecule has 0 aliphatic rings. The van der Waals surface area contributed by atoms with E-state index in [4.69, 9.17) is 4.74 Å². The number of hydrogen-bond acceptors (Lipinski definition) is 4. The molecular formula is C16H17BrN2O3S. The van der Waals surface area contributed by atoms with Gasteiger partial charge in [0.1, 0.15) is 5.75 Å². The minimum absolute atomic E-state index is 0.0122. The highest BCUT2D eigenvalue weighted by Gasteiger charge is 2.16. The molecule has 0 aliphatic carbocycles. The normalized spacial score (nSPS) is 10.2. The summed E-state index contributed by atoms with van der Waals surface area (Å²) in [5.41, 5.74) is 0.939. The zero-order valence-electron chi connectivity index (χ0n) is 12.8. The van der Waals surface area contributed by atoms with Crippen LogP contribution in [0.15, 0.2) is 40.2 Å². The van der Waals surface area contributed by atoms with Crippen molar-refractivity contribution < 1.29 is 14.3 Å². The Morgan fingerprint density at radius 2 is 2.09 bits per heavy atom. The van der Waals surface area contributed by atoms with E-state index in [1.807, 2.05) is 30.3 Å². The summed E-state index contributed by atoms with van der Waals surface area (Å²) in [6.45, 7) is 0.404. The minimum atomic E-state index is -0.209. The summed E-state index contributed by atoms with van der Waals surface area (Å²) >= 11 is 4.67. The molecule has 0 spiro atoms. The quantitative estimate of drug-likeness (QED) is 0.816. The number of carbonyl (C=O) groups is 2. The number of nitrogens with one attached hydrogen (secondary N) is 1. The topological polar surface area (TPSA) is 58.6 Å². The minimum Gasteiger partial charge on any atom is -0.497 e. The van der Waals surface area contributed by atoms with E-state index in [-0.39, 0.29) is 18.4 Å². The fourth-order valence-corrected chi connectivity index (χ4v) is 3.32.